The lowest BCUT2D eigenvalue weighted by molar-refractivity contribution is 0.535. The summed E-state index contributed by atoms with van der Waals surface area (Å²) in [5.74, 6) is 2.62. The summed E-state index contributed by atoms with van der Waals surface area (Å²) >= 11 is 0. The van der Waals surface area contributed by atoms with Crippen LogP contribution in [0.3, 0.4) is 0 Å². The fourth-order valence-electron chi connectivity index (χ4n) is 2.25. The predicted molar refractivity (Wildman–Crippen MR) is 69.0 cm³/mol. The van der Waals surface area contributed by atoms with Crippen molar-refractivity contribution in [2.24, 2.45) is 0 Å². The number of aryl methyl sites for hydroxylation is 1. The number of fused-ring (bicyclic) bond motifs is 1. The molecule has 18 heavy (non-hydrogen) atoms. The average molecular weight is 244 g/mol. The van der Waals surface area contributed by atoms with Crippen molar-refractivity contribution in [3.63, 3.8) is 0 Å². The summed E-state index contributed by atoms with van der Waals surface area (Å²) in [5, 5.41) is 3.36. The Bertz CT molecular complexity index is 564. The van der Waals surface area contributed by atoms with Crippen LogP contribution in [0.4, 0.5) is 11.7 Å². The Labute approximate surface area is 106 Å². The molecule has 0 saturated carbocycles. The lowest BCUT2D eigenvalue weighted by Crippen LogP contribution is -2.27. The molecule has 1 N–H and O–H groups in total. The van der Waals surface area contributed by atoms with Crippen molar-refractivity contribution in [2.45, 2.75) is 19.9 Å². The molecule has 0 amide bonds. The van der Waals surface area contributed by atoms with Crippen molar-refractivity contribution in [2.75, 3.05) is 18.5 Å². The number of nitrogens with zero attached hydrogens (tertiary/aromatic N) is 3. The molecule has 5 nitrogen and oxygen atoms in total. The molecule has 0 fully saturated rings. The number of anilines is 2. The van der Waals surface area contributed by atoms with E-state index in [1.54, 1.807) is 6.33 Å². The van der Waals surface area contributed by atoms with Gasteiger partial charge in [0.15, 0.2) is 0 Å². The summed E-state index contributed by atoms with van der Waals surface area (Å²) in [6.45, 7) is 3.73. The molecule has 0 atom stereocenters. The van der Waals surface area contributed by atoms with Gasteiger partial charge in [-0.15, -0.1) is 0 Å². The third-order valence-electron chi connectivity index (χ3n) is 3.23. The molecule has 0 aliphatic carbocycles. The molecule has 3 heterocycles. The second kappa shape index (κ2) is 4.42. The molecule has 5 heteroatoms. The van der Waals surface area contributed by atoms with E-state index < -0.39 is 0 Å². The molecule has 2 aromatic rings. The first kappa shape index (κ1) is 11.2. The minimum Gasteiger partial charge on any atom is -0.445 e. The molecule has 0 unspecified atom stereocenters. The first-order valence-corrected chi connectivity index (χ1v) is 6.09. The van der Waals surface area contributed by atoms with E-state index in [-0.39, 0.29) is 0 Å². The highest BCUT2D eigenvalue weighted by Crippen LogP contribution is 2.28. The van der Waals surface area contributed by atoms with Gasteiger partial charge in [0, 0.05) is 38.2 Å². The van der Waals surface area contributed by atoms with Crippen LogP contribution in [0, 0.1) is 6.92 Å². The van der Waals surface area contributed by atoms with Crippen LogP contribution in [0.5, 0.6) is 0 Å². The van der Waals surface area contributed by atoms with Crippen LogP contribution in [-0.2, 0) is 13.0 Å². The van der Waals surface area contributed by atoms with Crippen molar-refractivity contribution in [3.8, 4) is 0 Å². The number of aromatic nitrogens is 2. The second-order valence-electron chi connectivity index (χ2n) is 4.49. The molecule has 0 aromatic carbocycles. The molecule has 0 spiro atoms. The Hall–Kier alpha value is -1.88. The highest BCUT2D eigenvalue weighted by molar-refractivity contribution is 5.58. The van der Waals surface area contributed by atoms with Gasteiger partial charge in [0.05, 0.1) is 5.69 Å². The number of furan rings is 1. The van der Waals surface area contributed by atoms with Crippen molar-refractivity contribution in [1.29, 1.82) is 0 Å². The third kappa shape index (κ3) is 1.86. The Balaban J connectivity index is 2.01. The second-order valence-corrected chi connectivity index (χ2v) is 4.49. The number of rotatable bonds is 2. The summed E-state index contributed by atoms with van der Waals surface area (Å²) in [6.07, 6.45) is 2.58. The van der Waals surface area contributed by atoms with Gasteiger partial charge in [0.25, 0.3) is 0 Å². The summed E-state index contributed by atoms with van der Waals surface area (Å²) in [6, 6.07) is 3.91. The standard InChI is InChI=1S/C13H16N4O/c1-9-3-4-12(18-9)17(2)13-10-7-14-6-5-11(10)15-8-16-13/h3-4,8,14H,5-7H2,1-2H3. The molecule has 1 aliphatic rings. The van der Waals surface area contributed by atoms with Crippen LogP contribution in [0.25, 0.3) is 0 Å². The molecule has 0 radical (unpaired) electrons. The van der Waals surface area contributed by atoms with Crippen LogP contribution in [0.1, 0.15) is 17.0 Å². The Kier molecular flexibility index (Phi) is 2.76. The zero-order valence-electron chi connectivity index (χ0n) is 10.6. The largest absolute Gasteiger partial charge is 0.445 e. The van der Waals surface area contributed by atoms with Crippen LogP contribution in [-0.4, -0.2) is 23.6 Å². The van der Waals surface area contributed by atoms with Crippen molar-refractivity contribution in [3.05, 3.63) is 35.5 Å². The van der Waals surface area contributed by atoms with E-state index in [4.69, 9.17) is 4.42 Å². The maximum Gasteiger partial charge on any atom is 0.200 e. The maximum atomic E-state index is 5.64. The first-order chi connectivity index (χ1) is 8.75. The molecular weight excluding hydrogens is 228 g/mol. The van der Waals surface area contributed by atoms with Gasteiger partial charge >= 0.3 is 0 Å². The SMILES string of the molecule is Cc1ccc(N(C)c2ncnc3c2CNCC3)o1. The van der Waals surface area contributed by atoms with Gasteiger partial charge in [0.1, 0.15) is 17.9 Å². The van der Waals surface area contributed by atoms with Crippen LogP contribution in [0.2, 0.25) is 0 Å². The lowest BCUT2D eigenvalue weighted by Gasteiger charge is -2.23. The normalized spacial score (nSPS) is 14.3. The van der Waals surface area contributed by atoms with Crippen LogP contribution in [0.15, 0.2) is 22.9 Å². The number of hydrogen-bond donors (Lipinski definition) is 1. The fourth-order valence-corrected chi connectivity index (χ4v) is 2.25. The molecule has 3 rings (SSSR count). The van der Waals surface area contributed by atoms with E-state index in [1.165, 1.54) is 5.56 Å². The summed E-state index contributed by atoms with van der Waals surface area (Å²) in [5.41, 5.74) is 2.30. The Morgan fingerprint density at radius 3 is 3.00 bits per heavy atom. The minimum atomic E-state index is 0.805. The van der Waals surface area contributed by atoms with E-state index in [1.807, 2.05) is 31.0 Å². The maximum absolute atomic E-state index is 5.64. The smallest absolute Gasteiger partial charge is 0.200 e. The van der Waals surface area contributed by atoms with Crippen LogP contribution < -0.4 is 10.2 Å². The van der Waals surface area contributed by atoms with E-state index in [0.717, 1.165) is 42.7 Å². The van der Waals surface area contributed by atoms with Gasteiger partial charge < -0.3 is 9.73 Å². The van der Waals surface area contributed by atoms with Gasteiger partial charge in [-0.3, -0.25) is 4.90 Å². The molecular formula is C13H16N4O. The van der Waals surface area contributed by atoms with E-state index >= 15 is 0 Å². The average Bonchev–Trinajstić information content (AvgIpc) is 2.84. The Morgan fingerprint density at radius 2 is 2.22 bits per heavy atom. The summed E-state index contributed by atoms with van der Waals surface area (Å²) < 4.78 is 5.64. The lowest BCUT2D eigenvalue weighted by atomic mass is 10.1. The van der Waals surface area contributed by atoms with Gasteiger partial charge in [-0.25, -0.2) is 9.97 Å². The quantitative estimate of drug-likeness (QED) is 0.873. The topological polar surface area (TPSA) is 54.2 Å². The first-order valence-electron chi connectivity index (χ1n) is 6.09. The number of hydrogen-bond acceptors (Lipinski definition) is 5. The molecule has 0 saturated heterocycles. The predicted octanol–water partition coefficient (Wildman–Crippen LogP) is 1.79. The Morgan fingerprint density at radius 1 is 1.33 bits per heavy atom. The zero-order valence-corrected chi connectivity index (χ0v) is 10.6. The van der Waals surface area contributed by atoms with Gasteiger partial charge in [0.2, 0.25) is 5.88 Å². The van der Waals surface area contributed by atoms with E-state index in [9.17, 15) is 0 Å². The molecule has 94 valence electrons. The molecule has 0 bridgehead atoms. The molecule has 2 aromatic heterocycles. The highest BCUT2D eigenvalue weighted by Gasteiger charge is 2.19. The van der Waals surface area contributed by atoms with Crippen molar-refractivity contribution in [1.82, 2.24) is 15.3 Å². The van der Waals surface area contributed by atoms with Gasteiger partial charge in [-0.05, 0) is 13.0 Å². The van der Waals surface area contributed by atoms with E-state index in [0.29, 0.717) is 0 Å². The number of nitrogens with one attached hydrogen (secondary N) is 1. The van der Waals surface area contributed by atoms with Crippen LogP contribution >= 0.6 is 0 Å². The highest BCUT2D eigenvalue weighted by atomic mass is 16.4. The van der Waals surface area contributed by atoms with Gasteiger partial charge in [-0.2, -0.15) is 0 Å². The third-order valence-corrected chi connectivity index (χ3v) is 3.23. The summed E-state index contributed by atoms with van der Waals surface area (Å²) in [4.78, 5) is 10.7. The zero-order chi connectivity index (χ0) is 12.5. The van der Waals surface area contributed by atoms with Crippen molar-refractivity contribution < 1.29 is 4.42 Å². The van der Waals surface area contributed by atoms with E-state index in [2.05, 4.69) is 15.3 Å². The summed E-state index contributed by atoms with van der Waals surface area (Å²) in [7, 11) is 1.97. The minimum absolute atomic E-state index is 0.805. The van der Waals surface area contributed by atoms with Crippen molar-refractivity contribution >= 4 is 11.7 Å². The molecule has 1 aliphatic heterocycles. The fraction of sp³-hybridized carbons (Fsp3) is 0.385. The van der Waals surface area contributed by atoms with Gasteiger partial charge in [-0.1, -0.05) is 0 Å². The monoisotopic (exact) mass is 244 g/mol.